The van der Waals surface area contributed by atoms with Crippen LogP contribution in [-0.2, 0) is 0 Å². The molecule has 1 N–H and O–H groups in total. The lowest BCUT2D eigenvalue weighted by Crippen LogP contribution is -1.82. The average Bonchev–Trinajstić information content (AvgIpc) is 2.04. The lowest BCUT2D eigenvalue weighted by Gasteiger charge is -1.93. The van der Waals surface area contributed by atoms with Gasteiger partial charge in [-0.1, -0.05) is 0 Å². The summed E-state index contributed by atoms with van der Waals surface area (Å²) in [5, 5.41) is 17.0. The van der Waals surface area contributed by atoms with E-state index in [1.165, 1.54) is 18.2 Å². The summed E-state index contributed by atoms with van der Waals surface area (Å²) in [7, 11) is 0. The molecule has 0 aliphatic heterocycles. The van der Waals surface area contributed by atoms with Gasteiger partial charge in [-0.15, -0.1) is 0 Å². The SMILES string of the molecule is N#Cc1ccc([NH])cc1C#N. The molecule has 0 fully saturated rings. The zero-order valence-electron chi connectivity index (χ0n) is 5.63. The van der Waals surface area contributed by atoms with E-state index in [2.05, 4.69) is 0 Å². The van der Waals surface area contributed by atoms with E-state index < -0.39 is 0 Å². The van der Waals surface area contributed by atoms with Gasteiger partial charge in [0.1, 0.15) is 12.1 Å². The Morgan fingerprint density at radius 2 is 1.73 bits per heavy atom. The van der Waals surface area contributed by atoms with E-state index in [1.54, 1.807) is 0 Å². The predicted molar refractivity (Wildman–Crippen MR) is 38.6 cm³/mol. The monoisotopic (exact) mass is 142 g/mol. The van der Waals surface area contributed by atoms with Gasteiger partial charge in [0.15, 0.2) is 0 Å². The molecule has 0 aromatic heterocycles. The summed E-state index contributed by atoms with van der Waals surface area (Å²) < 4.78 is 0. The minimum absolute atomic E-state index is 0.251. The average molecular weight is 142 g/mol. The maximum atomic E-state index is 8.49. The normalized spacial score (nSPS) is 8.18. The second-order valence-electron chi connectivity index (χ2n) is 1.98. The van der Waals surface area contributed by atoms with Crippen molar-refractivity contribution < 1.29 is 0 Å². The summed E-state index contributed by atoms with van der Waals surface area (Å²) >= 11 is 0. The molecule has 0 bridgehead atoms. The van der Waals surface area contributed by atoms with Gasteiger partial charge in [0.05, 0.1) is 16.8 Å². The summed E-state index contributed by atoms with van der Waals surface area (Å²) in [4.78, 5) is 0. The van der Waals surface area contributed by atoms with E-state index in [9.17, 15) is 0 Å². The molecule has 1 rings (SSSR count). The number of hydrogen-bond acceptors (Lipinski definition) is 2. The van der Waals surface area contributed by atoms with Crippen LogP contribution >= 0.6 is 0 Å². The first-order valence-electron chi connectivity index (χ1n) is 2.94. The van der Waals surface area contributed by atoms with Crippen molar-refractivity contribution in [1.82, 2.24) is 5.73 Å². The molecular weight excluding hydrogens is 138 g/mol. The molecule has 11 heavy (non-hydrogen) atoms. The highest BCUT2D eigenvalue weighted by atomic mass is 14.5. The van der Waals surface area contributed by atoms with Gasteiger partial charge >= 0.3 is 0 Å². The van der Waals surface area contributed by atoms with Gasteiger partial charge in [-0.3, -0.25) is 0 Å². The molecule has 0 aliphatic rings. The van der Waals surface area contributed by atoms with E-state index in [1.807, 2.05) is 12.1 Å². The first-order chi connectivity index (χ1) is 5.27. The van der Waals surface area contributed by atoms with Crippen LogP contribution in [0.15, 0.2) is 18.2 Å². The second kappa shape index (κ2) is 2.72. The van der Waals surface area contributed by atoms with Gasteiger partial charge < -0.3 is 5.73 Å². The Labute approximate surface area is 64.3 Å². The van der Waals surface area contributed by atoms with Crippen LogP contribution in [0.5, 0.6) is 0 Å². The van der Waals surface area contributed by atoms with Crippen LogP contribution in [0.25, 0.3) is 0 Å². The Kier molecular flexibility index (Phi) is 1.76. The number of rotatable bonds is 0. The van der Waals surface area contributed by atoms with Gasteiger partial charge in [0.2, 0.25) is 0 Å². The minimum Gasteiger partial charge on any atom is -0.301 e. The van der Waals surface area contributed by atoms with Crippen LogP contribution in [0, 0.1) is 22.7 Å². The van der Waals surface area contributed by atoms with Crippen molar-refractivity contribution in [3.05, 3.63) is 29.3 Å². The fraction of sp³-hybridized carbons (Fsp3) is 0. The third-order valence-electron chi connectivity index (χ3n) is 1.26. The Morgan fingerprint density at radius 3 is 2.27 bits per heavy atom. The highest BCUT2D eigenvalue weighted by Crippen LogP contribution is 2.11. The summed E-state index contributed by atoms with van der Waals surface area (Å²) in [6.07, 6.45) is 0. The number of nitriles is 2. The largest absolute Gasteiger partial charge is 0.301 e. The molecule has 3 nitrogen and oxygen atoms in total. The summed E-state index contributed by atoms with van der Waals surface area (Å²) in [6.45, 7) is 0. The Hall–Kier alpha value is -2.00. The lowest BCUT2D eigenvalue weighted by atomic mass is 10.1. The Balaban J connectivity index is 3.34. The molecular formula is C8H4N3. The fourth-order valence-corrected chi connectivity index (χ4v) is 0.734. The zero-order valence-corrected chi connectivity index (χ0v) is 5.63. The van der Waals surface area contributed by atoms with Crippen LogP contribution in [0.4, 0.5) is 5.69 Å². The van der Waals surface area contributed by atoms with Crippen molar-refractivity contribution in [2.75, 3.05) is 0 Å². The Bertz CT molecular complexity index is 355. The molecule has 0 unspecified atom stereocenters. The van der Waals surface area contributed by atoms with E-state index >= 15 is 0 Å². The summed E-state index contributed by atoms with van der Waals surface area (Å²) in [6, 6.07) is 8.04. The number of nitrogens with zero attached hydrogens (tertiary/aromatic N) is 2. The topological polar surface area (TPSA) is 71.4 Å². The van der Waals surface area contributed by atoms with Gasteiger partial charge in [-0.25, -0.2) is 0 Å². The standard InChI is InChI=1S/C8H4N3/c9-4-6-1-2-8(11)3-7(6)5-10/h1-3,11H. The van der Waals surface area contributed by atoms with Gasteiger partial charge in [0.25, 0.3) is 0 Å². The minimum atomic E-state index is 0.251. The maximum Gasteiger partial charge on any atom is 0.101 e. The van der Waals surface area contributed by atoms with E-state index in [-0.39, 0.29) is 11.3 Å². The van der Waals surface area contributed by atoms with Crippen molar-refractivity contribution >= 4 is 5.69 Å². The second-order valence-corrected chi connectivity index (χ2v) is 1.98. The van der Waals surface area contributed by atoms with Crippen molar-refractivity contribution in [3.8, 4) is 12.1 Å². The highest BCUT2D eigenvalue weighted by Gasteiger charge is 1.99. The number of nitrogens with one attached hydrogen (secondary N) is 1. The van der Waals surface area contributed by atoms with Crippen LogP contribution in [-0.4, -0.2) is 0 Å². The van der Waals surface area contributed by atoms with Crippen LogP contribution in [0.1, 0.15) is 11.1 Å². The third-order valence-corrected chi connectivity index (χ3v) is 1.26. The van der Waals surface area contributed by atoms with Crippen LogP contribution in [0.3, 0.4) is 0 Å². The molecule has 0 heterocycles. The van der Waals surface area contributed by atoms with E-state index in [0.717, 1.165) is 0 Å². The van der Waals surface area contributed by atoms with Crippen molar-refractivity contribution in [3.63, 3.8) is 0 Å². The first kappa shape index (κ1) is 7.11. The van der Waals surface area contributed by atoms with Gasteiger partial charge in [-0.2, -0.15) is 10.5 Å². The molecule has 3 heteroatoms. The number of benzene rings is 1. The van der Waals surface area contributed by atoms with Gasteiger partial charge in [-0.05, 0) is 18.2 Å². The van der Waals surface area contributed by atoms with E-state index in [0.29, 0.717) is 5.56 Å². The number of hydrogen-bond donors (Lipinski definition) is 0. The summed E-state index contributed by atoms with van der Waals surface area (Å²) in [5.41, 5.74) is 7.99. The molecule has 0 atom stereocenters. The molecule has 1 aromatic rings. The molecule has 0 amide bonds. The molecule has 0 spiro atoms. The van der Waals surface area contributed by atoms with Crippen molar-refractivity contribution in [2.45, 2.75) is 0 Å². The smallest absolute Gasteiger partial charge is 0.101 e. The molecule has 0 saturated carbocycles. The maximum absolute atomic E-state index is 8.49. The quantitative estimate of drug-likeness (QED) is 0.548. The van der Waals surface area contributed by atoms with Crippen LogP contribution < -0.4 is 5.73 Å². The van der Waals surface area contributed by atoms with Crippen molar-refractivity contribution in [1.29, 1.82) is 10.5 Å². The summed E-state index contributed by atoms with van der Waals surface area (Å²) in [5.74, 6) is 0. The molecule has 0 saturated heterocycles. The first-order valence-corrected chi connectivity index (χ1v) is 2.94. The van der Waals surface area contributed by atoms with Crippen molar-refractivity contribution in [2.24, 2.45) is 0 Å². The zero-order chi connectivity index (χ0) is 8.27. The lowest BCUT2D eigenvalue weighted by molar-refractivity contribution is 1.40. The molecule has 51 valence electrons. The molecule has 0 aliphatic carbocycles. The molecule has 1 radical (unpaired) electrons. The van der Waals surface area contributed by atoms with E-state index in [4.69, 9.17) is 16.3 Å². The highest BCUT2D eigenvalue weighted by molar-refractivity contribution is 5.52. The van der Waals surface area contributed by atoms with Gasteiger partial charge in [0, 0.05) is 0 Å². The van der Waals surface area contributed by atoms with Crippen LogP contribution in [0.2, 0.25) is 0 Å². The Morgan fingerprint density at radius 1 is 1.09 bits per heavy atom. The fourth-order valence-electron chi connectivity index (χ4n) is 0.734. The third kappa shape index (κ3) is 1.28. The molecule has 1 aromatic carbocycles. The predicted octanol–water partition coefficient (Wildman–Crippen LogP) is 1.34.